The highest BCUT2D eigenvalue weighted by Gasteiger charge is 2.16. The van der Waals surface area contributed by atoms with Crippen LogP contribution in [0.4, 0.5) is 0 Å². The van der Waals surface area contributed by atoms with Crippen molar-refractivity contribution in [1.82, 2.24) is 0 Å². The van der Waals surface area contributed by atoms with Crippen molar-refractivity contribution in [1.29, 1.82) is 0 Å². The summed E-state index contributed by atoms with van der Waals surface area (Å²) in [7, 11) is 0. The average Bonchev–Trinajstić information content (AvgIpc) is 2.76. The maximum atomic E-state index is 12.4. The van der Waals surface area contributed by atoms with Crippen molar-refractivity contribution in [3.05, 3.63) is 90.0 Å². The maximum absolute atomic E-state index is 12.4. The Labute approximate surface area is 164 Å². The van der Waals surface area contributed by atoms with Crippen molar-refractivity contribution < 1.29 is 19.1 Å². The Morgan fingerprint density at radius 1 is 0.786 bits per heavy atom. The Kier molecular flexibility index (Phi) is 6.58. The van der Waals surface area contributed by atoms with Crippen LogP contribution in [-0.4, -0.2) is 25.0 Å². The molecule has 3 aromatic rings. The Morgan fingerprint density at radius 2 is 1.43 bits per heavy atom. The molecule has 0 N–H and O–H groups in total. The minimum absolute atomic E-state index is 0.250. The van der Waals surface area contributed by atoms with Crippen molar-refractivity contribution in [3.63, 3.8) is 0 Å². The van der Waals surface area contributed by atoms with E-state index in [1.165, 1.54) is 0 Å². The molecule has 0 saturated heterocycles. The summed E-state index contributed by atoms with van der Waals surface area (Å²) in [5.41, 5.74) is 2.93. The second-order valence-corrected chi connectivity index (χ2v) is 6.29. The van der Waals surface area contributed by atoms with Gasteiger partial charge in [0.15, 0.2) is 12.4 Å². The lowest BCUT2D eigenvalue weighted by Crippen LogP contribution is -2.15. The molecule has 0 aliphatic carbocycles. The van der Waals surface area contributed by atoms with E-state index in [9.17, 15) is 9.59 Å². The van der Waals surface area contributed by atoms with Gasteiger partial charge in [-0.1, -0.05) is 73.7 Å². The number of ether oxygens (including phenoxy) is 2. The van der Waals surface area contributed by atoms with Gasteiger partial charge in [-0.3, -0.25) is 4.79 Å². The number of esters is 1. The van der Waals surface area contributed by atoms with Crippen LogP contribution in [0.5, 0.6) is 5.75 Å². The monoisotopic (exact) mass is 374 g/mol. The van der Waals surface area contributed by atoms with E-state index in [0.29, 0.717) is 23.5 Å². The van der Waals surface area contributed by atoms with Gasteiger partial charge in [-0.15, -0.1) is 0 Å². The third kappa shape index (κ3) is 4.86. The average molecular weight is 374 g/mol. The first-order valence-electron chi connectivity index (χ1n) is 9.26. The van der Waals surface area contributed by atoms with Gasteiger partial charge in [0.25, 0.3) is 0 Å². The SMILES string of the molecule is CCCOc1ccccc1C(=O)OCC(=O)c1ccc(-c2ccccc2)cc1. The molecule has 4 nitrogen and oxygen atoms in total. The van der Waals surface area contributed by atoms with Gasteiger partial charge >= 0.3 is 5.97 Å². The van der Waals surface area contributed by atoms with Gasteiger partial charge in [0, 0.05) is 5.56 Å². The minimum Gasteiger partial charge on any atom is -0.493 e. The molecule has 0 aliphatic rings. The van der Waals surface area contributed by atoms with Gasteiger partial charge in [0.1, 0.15) is 11.3 Å². The Balaban J connectivity index is 1.62. The predicted octanol–water partition coefficient (Wildman–Crippen LogP) is 5.18. The molecule has 0 saturated carbocycles. The summed E-state index contributed by atoms with van der Waals surface area (Å²) in [5.74, 6) is -0.352. The van der Waals surface area contributed by atoms with Gasteiger partial charge in [0.05, 0.1) is 6.61 Å². The summed E-state index contributed by atoms with van der Waals surface area (Å²) in [6.07, 6.45) is 0.834. The second-order valence-electron chi connectivity index (χ2n) is 6.29. The van der Waals surface area contributed by atoms with E-state index in [1.54, 1.807) is 36.4 Å². The lowest BCUT2D eigenvalue weighted by molar-refractivity contribution is 0.0470. The number of benzene rings is 3. The highest BCUT2D eigenvalue weighted by Crippen LogP contribution is 2.21. The molecular weight excluding hydrogens is 352 g/mol. The molecule has 0 bridgehead atoms. The van der Waals surface area contributed by atoms with Gasteiger partial charge in [-0.25, -0.2) is 4.79 Å². The van der Waals surface area contributed by atoms with Crippen LogP contribution in [0.2, 0.25) is 0 Å². The lowest BCUT2D eigenvalue weighted by atomic mass is 10.0. The first-order chi connectivity index (χ1) is 13.7. The van der Waals surface area contributed by atoms with Crippen LogP contribution in [0.15, 0.2) is 78.9 Å². The third-order valence-electron chi connectivity index (χ3n) is 4.22. The van der Waals surface area contributed by atoms with Crippen molar-refractivity contribution in [2.75, 3.05) is 13.2 Å². The maximum Gasteiger partial charge on any atom is 0.342 e. The van der Waals surface area contributed by atoms with Crippen LogP contribution >= 0.6 is 0 Å². The van der Waals surface area contributed by atoms with Gasteiger partial charge in [0.2, 0.25) is 0 Å². The summed E-state index contributed by atoms with van der Waals surface area (Å²) in [5, 5.41) is 0. The van der Waals surface area contributed by atoms with E-state index in [0.717, 1.165) is 17.5 Å². The summed E-state index contributed by atoms with van der Waals surface area (Å²) >= 11 is 0. The zero-order valence-electron chi connectivity index (χ0n) is 15.8. The van der Waals surface area contributed by atoms with Crippen molar-refractivity contribution in [3.8, 4) is 16.9 Å². The van der Waals surface area contributed by atoms with Crippen molar-refractivity contribution in [2.45, 2.75) is 13.3 Å². The molecule has 0 radical (unpaired) electrons. The standard InChI is InChI=1S/C24H22O4/c1-2-16-27-23-11-7-6-10-21(23)24(26)28-17-22(25)20-14-12-19(13-15-20)18-8-4-3-5-9-18/h3-15H,2,16-17H2,1H3. The fraction of sp³-hybridized carbons (Fsp3) is 0.167. The van der Waals surface area contributed by atoms with E-state index >= 15 is 0 Å². The van der Waals surface area contributed by atoms with Gasteiger partial charge in [-0.05, 0) is 29.7 Å². The minimum atomic E-state index is -0.569. The first kappa shape index (κ1) is 19.4. The number of Topliss-reactive ketones (excluding diaryl/α,β-unsaturated/α-hetero) is 1. The fourth-order valence-corrected chi connectivity index (χ4v) is 2.74. The van der Waals surface area contributed by atoms with Crippen LogP contribution in [-0.2, 0) is 4.74 Å². The molecule has 0 heterocycles. The van der Waals surface area contributed by atoms with E-state index in [-0.39, 0.29) is 12.4 Å². The summed E-state index contributed by atoms with van der Waals surface area (Å²) < 4.78 is 10.8. The van der Waals surface area contributed by atoms with Gasteiger partial charge < -0.3 is 9.47 Å². The molecule has 3 aromatic carbocycles. The molecule has 0 amide bonds. The van der Waals surface area contributed by atoms with Crippen molar-refractivity contribution >= 4 is 11.8 Å². The normalized spacial score (nSPS) is 10.3. The zero-order chi connectivity index (χ0) is 19.8. The molecule has 0 fully saturated rings. The largest absolute Gasteiger partial charge is 0.493 e. The van der Waals surface area contributed by atoms with Crippen LogP contribution in [0.25, 0.3) is 11.1 Å². The number of ketones is 1. The summed E-state index contributed by atoms with van der Waals surface area (Å²) in [6, 6.07) is 24.1. The lowest BCUT2D eigenvalue weighted by Gasteiger charge is -2.10. The molecule has 0 aromatic heterocycles. The van der Waals surface area contributed by atoms with E-state index in [4.69, 9.17) is 9.47 Å². The topological polar surface area (TPSA) is 52.6 Å². The highest BCUT2D eigenvalue weighted by atomic mass is 16.5. The number of para-hydroxylation sites is 1. The molecular formula is C24H22O4. The summed E-state index contributed by atoms with van der Waals surface area (Å²) in [6.45, 7) is 2.19. The smallest absolute Gasteiger partial charge is 0.342 e. The number of hydrogen-bond donors (Lipinski definition) is 0. The fourth-order valence-electron chi connectivity index (χ4n) is 2.74. The Hall–Kier alpha value is -3.40. The predicted molar refractivity (Wildman–Crippen MR) is 109 cm³/mol. The van der Waals surface area contributed by atoms with Crippen LogP contribution in [0.1, 0.15) is 34.1 Å². The number of rotatable bonds is 8. The number of carbonyl (C=O) groups is 2. The molecule has 4 heteroatoms. The van der Waals surface area contributed by atoms with E-state index in [1.807, 2.05) is 49.4 Å². The zero-order valence-corrected chi connectivity index (χ0v) is 15.8. The van der Waals surface area contributed by atoms with Crippen LogP contribution < -0.4 is 4.74 Å². The number of carbonyl (C=O) groups excluding carboxylic acids is 2. The van der Waals surface area contributed by atoms with Crippen LogP contribution in [0, 0.1) is 0 Å². The molecule has 142 valence electrons. The number of hydrogen-bond acceptors (Lipinski definition) is 4. The highest BCUT2D eigenvalue weighted by molar-refractivity contribution is 6.00. The third-order valence-corrected chi connectivity index (χ3v) is 4.22. The molecule has 0 unspecified atom stereocenters. The van der Waals surface area contributed by atoms with E-state index < -0.39 is 5.97 Å². The van der Waals surface area contributed by atoms with Gasteiger partial charge in [-0.2, -0.15) is 0 Å². The quantitative estimate of drug-likeness (QED) is 0.403. The Morgan fingerprint density at radius 3 is 2.14 bits per heavy atom. The van der Waals surface area contributed by atoms with Crippen LogP contribution in [0.3, 0.4) is 0 Å². The first-order valence-corrected chi connectivity index (χ1v) is 9.26. The second kappa shape index (κ2) is 9.51. The molecule has 0 spiro atoms. The molecule has 0 atom stereocenters. The van der Waals surface area contributed by atoms with Crippen molar-refractivity contribution in [2.24, 2.45) is 0 Å². The molecule has 3 rings (SSSR count). The molecule has 0 aliphatic heterocycles. The Bertz CT molecular complexity index is 930. The van der Waals surface area contributed by atoms with E-state index in [2.05, 4.69) is 0 Å². The summed E-state index contributed by atoms with van der Waals surface area (Å²) in [4.78, 5) is 24.7. The molecule has 28 heavy (non-hydrogen) atoms.